The molecule has 0 bridgehead atoms. The summed E-state index contributed by atoms with van der Waals surface area (Å²) < 4.78 is 0. The Morgan fingerprint density at radius 2 is 1.89 bits per heavy atom. The Morgan fingerprint density at radius 3 is 2.70 bits per heavy atom. The van der Waals surface area contributed by atoms with Crippen LogP contribution in [-0.2, 0) is 6.54 Å². The third kappa shape index (κ3) is 3.27. The quantitative estimate of drug-likeness (QED) is 0.552. The van der Waals surface area contributed by atoms with E-state index >= 15 is 0 Å². The zero-order valence-electron chi connectivity index (χ0n) is 13.9. The highest BCUT2D eigenvalue weighted by Crippen LogP contribution is 2.19. The van der Waals surface area contributed by atoms with E-state index in [-0.39, 0.29) is 29.0 Å². The largest absolute Gasteiger partial charge is 0.382 e. The van der Waals surface area contributed by atoms with Crippen LogP contribution in [0.5, 0.6) is 0 Å². The molecule has 9 nitrogen and oxygen atoms in total. The molecule has 4 rings (SSSR count). The average Bonchev–Trinajstić information content (AvgIpc) is 3.22. The van der Waals surface area contributed by atoms with Gasteiger partial charge in [-0.2, -0.15) is 10.2 Å². The molecular formula is C17H13ClN8O. The first-order valence-electron chi connectivity index (χ1n) is 7.94. The Balaban J connectivity index is 1.57. The lowest BCUT2D eigenvalue weighted by atomic mass is 10.1. The van der Waals surface area contributed by atoms with Gasteiger partial charge < -0.3 is 11.1 Å². The number of pyridine rings is 1. The van der Waals surface area contributed by atoms with E-state index in [1.54, 1.807) is 6.20 Å². The Labute approximate surface area is 158 Å². The van der Waals surface area contributed by atoms with Crippen molar-refractivity contribution in [3.8, 4) is 5.82 Å². The molecule has 3 aromatic heterocycles. The van der Waals surface area contributed by atoms with Crippen LogP contribution in [0.4, 0.5) is 5.82 Å². The second kappa shape index (κ2) is 6.96. The monoisotopic (exact) mass is 380 g/mol. The molecule has 0 saturated carbocycles. The van der Waals surface area contributed by atoms with Gasteiger partial charge in [-0.1, -0.05) is 29.8 Å². The molecule has 4 aromatic rings. The van der Waals surface area contributed by atoms with Gasteiger partial charge in [0.1, 0.15) is 0 Å². The number of nitrogens with zero attached hydrogens (tertiary/aromatic N) is 6. The van der Waals surface area contributed by atoms with Gasteiger partial charge in [-0.25, -0.2) is 9.97 Å². The van der Waals surface area contributed by atoms with Crippen molar-refractivity contribution in [3.63, 3.8) is 0 Å². The number of hydrogen-bond acceptors (Lipinski definition) is 7. The molecule has 0 unspecified atom stereocenters. The normalized spacial score (nSPS) is 10.9. The van der Waals surface area contributed by atoms with E-state index in [4.69, 9.17) is 17.3 Å². The number of aromatic nitrogens is 6. The third-order valence-electron chi connectivity index (χ3n) is 3.87. The van der Waals surface area contributed by atoms with Crippen LogP contribution in [0.2, 0.25) is 5.15 Å². The summed E-state index contributed by atoms with van der Waals surface area (Å²) in [6.07, 6.45) is 4.63. The number of nitrogens with two attached hydrogens (primary N) is 1. The molecule has 1 amide bonds. The number of nitrogen functional groups attached to an aromatic ring is 1. The number of nitrogens with one attached hydrogen (secondary N) is 1. The molecule has 0 spiro atoms. The van der Waals surface area contributed by atoms with Gasteiger partial charge in [0, 0.05) is 18.1 Å². The van der Waals surface area contributed by atoms with Crippen LogP contribution in [-0.4, -0.2) is 35.9 Å². The molecule has 0 aliphatic heterocycles. The lowest BCUT2D eigenvalue weighted by Gasteiger charge is -2.10. The summed E-state index contributed by atoms with van der Waals surface area (Å²) in [5.74, 6) is -0.401. The maximum Gasteiger partial charge on any atom is 0.274 e. The molecule has 3 N–H and O–H groups in total. The summed E-state index contributed by atoms with van der Waals surface area (Å²) in [5.41, 5.74) is 7.59. The zero-order chi connectivity index (χ0) is 18.8. The standard InChI is InChI=1S/C17H13ClN8O/c18-14-16(26-22-7-8-23-26)25-15(19)13(24-14)17(27)21-9-10-5-6-20-12-4-2-1-3-11(10)12/h1-8H,9H2,(H2,19,25)(H,21,27). The van der Waals surface area contributed by atoms with E-state index in [9.17, 15) is 4.79 Å². The van der Waals surface area contributed by atoms with E-state index in [1.807, 2.05) is 30.3 Å². The van der Waals surface area contributed by atoms with Gasteiger partial charge in [0.25, 0.3) is 5.91 Å². The van der Waals surface area contributed by atoms with Crippen LogP contribution in [0.1, 0.15) is 16.1 Å². The van der Waals surface area contributed by atoms with E-state index in [1.165, 1.54) is 17.2 Å². The Kier molecular flexibility index (Phi) is 4.35. The highest BCUT2D eigenvalue weighted by atomic mass is 35.5. The predicted octanol–water partition coefficient (Wildman–Crippen LogP) is 1.77. The minimum Gasteiger partial charge on any atom is -0.382 e. The summed E-state index contributed by atoms with van der Waals surface area (Å²) in [6.45, 7) is 0.281. The topological polar surface area (TPSA) is 125 Å². The summed E-state index contributed by atoms with van der Waals surface area (Å²) in [5, 5.41) is 11.6. The number of anilines is 1. The van der Waals surface area contributed by atoms with E-state index in [2.05, 4.69) is 30.5 Å². The smallest absolute Gasteiger partial charge is 0.274 e. The highest BCUT2D eigenvalue weighted by Gasteiger charge is 2.18. The molecule has 0 aliphatic carbocycles. The van der Waals surface area contributed by atoms with Gasteiger partial charge in [0.2, 0.25) is 5.82 Å². The number of halogens is 1. The number of carbonyl (C=O) groups is 1. The van der Waals surface area contributed by atoms with E-state index in [0.717, 1.165) is 16.5 Å². The Morgan fingerprint density at radius 1 is 1.11 bits per heavy atom. The van der Waals surface area contributed by atoms with Crippen LogP contribution < -0.4 is 11.1 Å². The number of rotatable bonds is 4. The third-order valence-corrected chi connectivity index (χ3v) is 4.12. The van der Waals surface area contributed by atoms with Crippen molar-refractivity contribution in [2.24, 2.45) is 0 Å². The molecule has 10 heteroatoms. The fraction of sp³-hybridized carbons (Fsp3) is 0.0588. The Bertz CT molecular complexity index is 1120. The minimum atomic E-state index is -0.484. The molecule has 0 radical (unpaired) electrons. The first-order chi connectivity index (χ1) is 13.1. The van der Waals surface area contributed by atoms with Gasteiger partial charge >= 0.3 is 0 Å². The van der Waals surface area contributed by atoms with Crippen LogP contribution in [0.15, 0.2) is 48.9 Å². The number of fused-ring (bicyclic) bond motifs is 1. The van der Waals surface area contributed by atoms with Gasteiger partial charge in [-0.05, 0) is 17.7 Å². The number of amides is 1. The van der Waals surface area contributed by atoms with Crippen LogP contribution in [0.3, 0.4) is 0 Å². The number of carbonyl (C=O) groups excluding carboxylic acids is 1. The lowest BCUT2D eigenvalue weighted by Crippen LogP contribution is -2.26. The molecule has 1 aromatic carbocycles. The first kappa shape index (κ1) is 16.9. The maximum atomic E-state index is 12.5. The summed E-state index contributed by atoms with van der Waals surface area (Å²) in [4.78, 5) is 26.1. The number of hydrogen-bond donors (Lipinski definition) is 2. The van der Waals surface area contributed by atoms with Crippen LogP contribution in [0, 0.1) is 0 Å². The van der Waals surface area contributed by atoms with E-state index in [0.29, 0.717) is 0 Å². The fourth-order valence-corrected chi connectivity index (χ4v) is 2.81. The summed E-state index contributed by atoms with van der Waals surface area (Å²) in [7, 11) is 0. The lowest BCUT2D eigenvalue weighted by molar-refractivity contribution is 0.0946. The molecule has 27 heavy (non-hydrogen) atoms. The molecule has 0 fully saturated rings. The van der Waals surface area contributed by atoms with Crippen molar-refractivity contribution < 1.29 is 4.79 Å². The molecule has 134 valence electrons. The maximum absolute atomic E-state index is 12.5. The second-order valence-electron chi connectivity index (χ2n) is 5.56. The van der Waals surface area contributed by atoms with Crippen molar-refractivity contribution >= 4 is 34.2 Å². The SMILES string of the molecule is Nc1nc(-n2nccn2)c(Cl)nc1C(=O)NCc1ccnc2ccccc12. The second-order valence-corrected chi connectivity index (χ2v) is 5.92. The van der Waals surface area contributed by atoms with Gasteiger partial charge in [0.15, 0.2) is 16.7 Å². The summed E-state index contributed by atoms with van der Waals surface area (Å²) in [6, 6.07) is 9.52. The Hall–Kier alpha value is -3.59. The van der Waals surface area contributed by atoms with Crippen molar-refractivity contribution in [1.29, 1.82) is 0 Å². The molecule has 0 aliphatic rings. The average molecular weight is 381 g/mol. The molecular weight excluding hydrogens is 368 g/mol. The van der Waals surface area contributed by atoms with Crippen LogP contribution >= 0.6 is 11.6 Å². The number of benzene rings is 1. The van der Waals surface area contributed by atoms with Crippen molar-refractivity contribution in [2.75, 3.05) is 5.73 Å². The zero-order valence-corrected chi connectivity index (χ0v) is 14.6. The molecule has 0 saturated heterocycles. The van der Waals surface area contributed by atoms with Gasteiger partial charge in [0.05, 0.1) is 17.9 Å². The molecule has 3 heterocycles. The minimum absolute atomic E-state index is 0.0279. The van der Waals surface area contributed by atoms with Crippen molar-refractivity contribution in [3.05, 3.63) is 65.3 Å². The number of para-hydroxylation sites is 1. The first-order valence-corrected chi connectivity index (χ1v) is 8.32. The van der Waals surface area contributed by atoms with Crippen molar-refractivity contribution in [2.45, 2.75) is 6.54 Å². The van der Waals surface area contributed by atoms with Gasteiger partial charge in [-0.15, -0.1) is 4.80 Å². The van der Waals surface area contributed by atoms with E-state index < -0.39 is 5.91 Å². The van der Waals surface area contributed by atoms with Crippen LogP contribution in [0.25, 0.3) is 16.7 Å². The molecule has 0 atom stereocenters. The fourth-order valence-electron chi connectivity index (χ4n) is 2.61. The predicted molar refractivity (Wildman–Crippen MR) is 99.3 cm³/mol. The summed E-state index contributed by atoms with van der Waals surface area (Å²) >= 11 is 6.11. The van der Waals surface area contributed by atoms with Gasteiger partial charge in [-0.3, -0.25) is 9.78 Å². The highest BCUT2D eigenvalue weighted by molar-refractivity contribution is 6.31. The van der Waals surface area contributed by atoms with Crippen molar-refractivity contribution in [1.82, 2.24) is 35.3 Å².